The third kappa shape index (κ3) is 3.54. The maximum atomic E-state index is 13.5. The van der Waals surface area contributed by atoms with Gasteiger partial charge < -0.3 is 10.6 Å². The molecule has 3 aromatic rings. The van der Waals surface area contributed by atoms with Gasteiger partial charge in [0.05, 0.1) is 17.4 Å². The highest BCUT2D eigenvalue weighted by Gasteiger charge is 2.36. The van der Waals surface area contributed by atoms with Crippen LogP contribution in [0.2, 0.25) is 0 Å². The molecule has 2 N–H and O–H groups in total. The Hall–Kier alpha value is -2.60. The Balaban J connectivity index is 1.62. The third-order valence-corrected chi connectivity index (χ3v) is 7.06. The third-order valence-electron chi connectivity index (χ3n) is 6.07. The molecule has 0 amide bonds. The van der Waals surface area contributed by atoms with Crippen LogP contribution in [-0.2, 0) is 4.79 Å². The van der Waals surface area contributed by atoms with Gasteiger partial charge in [0.2, 0.25) is 0 Å². The molecule has 0 spiro atoms. The summed E-state index contributed by atoms with van der Waals surface area (Å²) in [6, 6.07) is 25.0. The highest BCUT2D eigenvalue weighted by molar-refractivity contribution is 14.1. The number of hydrogen-bond acceptors (Lipinski definition) is 3. The molecule has 3 aromatic carbocycles. The molecule has 1 heterocycles. The number of rotatable bonds is 2. The van der Waals surface area contributed by atoms with Crippen LogP contribution in [0, 0.1) is 10.5 Å². The fraction of sp³-hybridized carbons (Fsp3) is 0.192. The zero-order valence-corrected chi connectivity index (χ0v) is 18.9. The summed E-state index contributed by atoms with van der Waals surface area (Å²) in [5.41, 5.74) is 7.58. The van der Waals surface area contributed by atoms with Gasteiger partial charge in [0, 0.05) is 21.3 Å². The lowest BCUT2D eigenvalue weighted by Crippen LogP contribution is -2.27. The van der Waals surface area contributed by atoms with Crippen molar-refractivity contribution in [1.29, 1.82) is 0 Å². The minimum atomic E-state index is -0.157. The second-order valence-electron chi connectivity index (χ2n) is 8.10. The van der Waals surface area contributed by atoms with Gasteiger partial charge in [-0.2, -0.15) is 0 Å². The average molecular weight is 506 g/mol. The first-order valence-corrected chi connectivity index (χ1v) is 11.4. The average Bonchev–Trinajstić information content (AvgIpc) is 2.91. The van der Waals surface area contributed by atoms with Crippen molar-refractivity contribution in [3.63, 3.8) is 0 Å². The molecule has 4 heteroatoms. The van der Waals surface area contributed by atoms with Crippen molar-refractivity contribution in [2.45, 2.75) is 31.7 Å². The van der Waals surface area contributed by atoms with E-state index in [4.69, 9.17) is 0 Å². The molecule has 0 bridgehead atoms. The number of fused-ring (bicyclic) bond motifs is 1. The molecule has 30 heavy (non-hydrogen) atoms. The number of nitrogens with one attached hydrogen (secondary N) is 2. The van der Waals surface area contributed by atoms with Crippen molar-refractivity contribution < 1.29 is 4.79 Å². The highest BCUT2D eigenvalue weighted by Crippen LogP contribution is 2.44. The first kappa shape index (κ1) is 19.4. The van der Waals surface area contributed by atoms with Crippen molar-refractivity contribution in [2.75, 3.05) is 10.6 Å². The first-order chi connectivity index (χ1) is 14.6. The molecule has 3 nitrogen and oxygen atoms in total. The van der Waals surface area contributed by atoms with E-state index >= 15 is 0 Å². The van der Waals surface area contributed by atoms with Gasteiger partial charge in [-0.25, -0.2) is 0 Å². The summed E-state index contributed by atoms with van der Waals surface area (Å²) in [5.74, 6) is 0.421. The fourth-order valence-corrected chi connectivity index (χ4v) is 5.21. The molecule has 0 saturated carbocycles. The van der Waals surface area contributed by atoms with Crippen molar-refractivity contribution in [3.05, 3.63) is 104 Å². The molecule has 0 radical (unpaired) electrons. The second kappa shape index (κ2) is 7.91. The van der Waals surface area contributed by atoms with E-state index in [9.17, 15) is 4.79 Å². The summed E-state index contributed by atoms with van der Waals surface area (Å²) in [7, 11) is 0. The fourth-order valence-electron chi connectivity index (χ4n) is 4.51. The molecule has 2 aliphatic rings. The Morgan fingerprint density at radius 3 is 2.33 bits per heavy atom. The van der Waals surface area contributed by atoms with Crippen LogP contribution < -0.4 is 10.6 Å². The summed E-state index contributed by atoms with van der Waals surface area (Å²) >= 11 is 2.37. The lowest BCUT2D eigenvalue weighted by Gasteiger charge is -2.30. The van der Waals surface area contributed by atoms with E-state index < -0.39 is 0 Å². The SMILES string of the molecule is Cc1ccc([C@@H]2CC(=O)C3=C(C2)Nc2ccccc2N[C@H]3c2ccccc2I)cc1. The van der Waals surface area contributed by atoms with Gasteiger partial charge in [-0.05, 0) is 71.2 Å². The van der Waals surface area contributed by atoms with Crippen LogP contribution in [0.15, 0.2) is 84.1 Å². The van der Waals surface area contributed by atoms with Crippen LogP contribution in [0.1, 0.15) is 41.5 Å². The number of carbonyl (C=O) groups is 1. The number of aryl methyl sites for hydroxylation is 1. The summed E-state index contributed by atoms with van der Waals surface area (Å²) in [6.45, 7) is 2.10. The molecular weight excluding hydrogens is 483 g/mol. The van der Waals surface area contributed by atoms with Gasteiger partial charge in [-0.3, -0.25) is 4.79 Å². The number of para-hydroxylation sites is 2. The van der Waals surface area contributed by atoms with Gasteiger partial charge in [-0.15, -0.1) is 0 Å². The zero-order valence-electron chi connectivity index (χ0n) is 16.8. The van der Waals surface area contributed by atoms with Crippen LogP contribution in [0.3, 0.4) is 0 Å². The lowest BCUT2D eigenvalue weighted by molar-refractivity contribution is -0.116. The minimum absolute atomic E-state index is 0.157. The van der Waals surface area contributed by atoms with E-state index in [1.807, 2.05) is 24.3 Å². The van der Waals surface area contributed by atoms with E-state index in [-0.39, 0.29) is 17.7 Å². The molecule has 1 aliphatic carbocycles. The predicted molar refractivity (Wildman–Crippen MR) is 131 cm³/mol. The zero-order chi connectivity index (χ0) is 20.7. The second-order valence-corrected chi connectivity index (χ2v) is 9.26. The van der Waals surface area contributed by atoms with E-state index in [0.717, 1.165) is 38.2 Å². The maximum absolute atomic E-state index is 13.5. The van der Waals surface area contributed by atoms with Gasteiger partial charge in [0.1, 0.15) is 0 Å². The highest BCUT2D eigenvalue weighted by atomic mass is 127. The van der Waals surface area contributed by atoms with Crippen LogP contribution in [0.4, 0.5) is 11.4 Å². The quantitative estimate of drug-likeness (QED) is 0.386. The number of Topliss-reactive ketones (excluding diaryl/α,β-unsaturated/α-hetero) is 1. The Labute approximate surface area is 190 Å². The molecular formula is C26H23IN2O. The van der Waals surface area contributed by atoms with Gasteiger partial charge in [0.15, 0.2) is 5.78 Å². The molecule has 150 valence electrons. The Morgan fingerprint density at radius 2 is 1.57 bits per heavy atom. The topological polar surface area (TPSA) is 41.1 Å². The summed E-state index contributed by atoms with van der Waals surface area (Å²) in [6.07, 6.45) is 1.38. The number of allylic oxidation sites excluding steroid dienone is 1. The maximum Gasteiger partial charge on any atom is 0.163 e. The number of hydrogen-bond donors (Lipinski definition) is 2. The summed E-state index contributed by atoms with van der Waals surface area (Å²) in [5, 5.41) is 7.28. The van der Waals surface area contributed by atoms with E-state index in [2.05, 4.69) is 88.7 Å². The molecule has 0 saturated heterocycles. The van der Waals surface area contributed by atoms with Crippen LogP contribution in [0.25, 0.3) is 0 Å². The van der Waals surface area contributed by atoms with Crippen LogP contribution >= 0.6 is 22.6 Å². The van der Waals surface area contributed by atoms with Gasteiger partial charge in [0.25, 0.3) is 0 Å². The van der Waals surface area contributed by atoms with Crippen molar-refractivity contribution >= 4 is 39.7 Å². The number of benzene rings is 3. The van der Waals surface area contributed by atoms with E-state index in [1.165, 1.54) is 11.1 Å². The Morgan fingerprint density at radius 1 is 0.867 bits per heavy atom. The summed E-state index contributed by atoms with van der Waals surface area (Å²) < 4.78 is 1.16. The predicted octanol–water partition coefficient (Wildman–Crippen LogP) is 6.58. The largest absolute Gasteiger partial charge is 0.372 e. The lowest BCUT2D eigenvalue weighted by atomic mass is 9.78. The summed E-state index contributed by atoms with van der Waals surface area (Å²) in [4.78, 5) is 13.5. The van der Waals surface area contributed by atoms with Crippen LogP contribution in [-0.4, -0.2) is 5.78 Å². The van der Waals surface area contributed by atoms with E-state index in [0.29, 0.717) is 6.42 Å². The molecule has 0 aromatic heterocycles. The normalized spacial score (nSPS) is 20.5. The smallest absolute Gasteiger partial charge is 0.163 e. The number of ketones is 1. The van der Waals surface area contributed by atoms with E-state index in [1.54, 1.807) is 0 Å². The molecule has 2 atom stereocenters. The Kier molecular flexibility index (Phi) is 5.11. The number of halogens is 1. The minimum Gasteiger partial charge on any atom is -0.372 e. The van der Waals surface area contributed by atoms with Crippen LogP contribution in [0.5, 0.6) is 0 Å². The monoisotopic (exact) mass is 506 g/mol. The van der Waals surface area contributed by atoms with Crippen molar-refractivity contribution in [3.8, 4) is 0 Å². The number of carbonyl (C=O) groups excluding carboxylic acids is 1. The van der Waals surface area contributed by atoms with Crippen molar-refractivity contribution in [1.82, 2.24) is 0 Å². The number of anilines is 2. The molecule has 0 fully saturated rings. The molecule has 5 rings (SSSR count). The Bertz CT molecular complexity index is 1150. The molecule has 0 unspecified atom stereocenters. The van der Waals surface area contributed by atoms with Gasteiger partial charge >= 0.3 is 0 Å². The molecule has 1 aliphatic heterocycles. The standard InChI is InChI=1S/C26H23IN2O/c1-16-10-12-17(13-11-16)18-14-23-25(24(30)15-18)26(19-6-2-3-7-20(19)27)29-22-9-5-4-8-21(22)28-23/h2-13,18,26,28-29H,14-15H2,1H3/t18-,26-/m0/s1. The van der Waals surface area contributed by atoms with Gasteiger partial charge in [-0.1, -0.05) is 60.2 Å². The van der Waals surface area contributed by atoms with Crippen molar-refractivity contribution in [2.24, 2.45) is 0 Å². The first-order valence-electron chi connectivity index (χ1n) is 10.3.